The number of nitrogens with two attached hydrogens (primary N) is 1. The molecule has 0 saturated heterocycles. The second kappa shape index (κ2) is 44.1. The van der Waals surface area contributed by atoms with Crippen molar-refractivity contribution in [1.29, 1.82) is 0 Å². The molecule has 3 N–H and O–H groups in total. The molecule has 0 aromatic carbocycles. The molecule has 0 rings (SSSR count). The van der Waals surface area contributed by atoms with Crippen LogP contribution in [0.5, 0.6) is 0 Å². The molecular formula is C47H84NO7P. The van der Waals surface area contributed by atoms with Gasteiger partial charge in [-0.2, -0.15) is 0 Å². The first-order valence-corrected chi connectivity index (χ1v) is 23.9. The molecule has 0 spiro atoms. The Morgan fingerprint density at radius 2 is 1.00 bits per heavy atom. The largest absolute Gasteiger partial charge is 0.472 e. The summed E-state index contributed by atoms with van der Waals surface area (Å²) in [6.45, 7) is 4.77. The molecule has 0 fully saturated rings. The van der Waals surface area contributed by atoms with Crippen molar-refractivity contribution in [3.05, 3.63) is 72.9 Å². The van der Waals surface area contributed by atoms with E-state index in [2.05, 4.69) is 86.8 Å². The molecule has 0 aliphatic carbocycles. The number of carbonyl (C=O) groups excluding carboxylic acids is 1. The molecule has 0 heterocycles. The van der Waals surface area contributed by atoms with E-state index in [1.165, 1.54) is 77.0 Å². The van der Waals surface area contributed by atoms with Gasteiger partial charge in [0, 0.05) is 19.6 Å². The van der Waals surface area contributed by atoms with E-state index < -0.39 is 13.9 Å². The third-order valence-corrected chi connectivity index (χ3v) is 10.1. The number of unbranched alkanes of at least 4 members (excludes halogenated alkanes) is 17. The van der Waals surface area contributed by atoms with Gasteiger partial charge in [-0.3, -0.25) is 13.8 Å². The van der Waals surface area contributed by atoms with Crippen LogP contribution in [0.4, 0.5) is 0 Å². The van der Waals surface area contributed by atoms with E-state index >= 15 is 0 Å². The van der Waals surface area contributed by atoms with Gasteiger partial charge in [-0.1, -0.05) is 183 Å². The van der Waals surface area contributed by atoms with Crippen LogP contribution in [0.25, 0.3) is 0 Å². The van der Waals surface area contributed by atoms with E-state index in [4.69, 9.17) is 24.3 Å². The molecule has 2 atom stereocenters. The quantitative estimate of drug-likeness (QED) is 0.0271. The van der Waals surface area contributed by atoms with Crippen molar-refractivity contribution in [3.63, 3.8) is 0 Å². The van der Waals surface area contributed by atoms with Gasteiger partial charge in [0.05, 0.1) is 19.8 Å². The minimum Gasteiger partial charge on any atom is -0.457 e. The maximum Gasteiger partial charge on any atom is 0.472 e. The summed E-state index contributed by atoms with van der Waals surface area (Å²) in [5.41, 5.74) is 5.37. The van der Waals surface area contributed by atoms with Gasteiger partial charge in [-0.05, 0) is 64.2 Å². The number of phosphoric ester groups is 1. The van der Waals surface area contributed by atoms with E-state index in [9.17, 15) is 14.3 Å². The molecule has 0 saturated carbocycles. The highest BCUT2D eigenvalue weighted by atomic mass is 31.2. The zero-order valence-electron chi connectivity index (χ0n) is 35.8. The van der Waals surface area contributed by atoms with E-state index in [1.54, 1.807) is 0 Å². The summed E-state index contributed by atoms with van der Waals surface area (Å²) in [5.74, 6) is -0.355. The zero-order valence-corrected chi connectivity index (χ0v) is 36.7. The van der Waals surface area contributed by atoms with Crippen LogP contribution in [0.2, 0.25) is 0 Å². The van der Waals surface area contributed by atoms with Gasteiger partial charge in [0.25, 0.3) is 0 Å². The molecule has 8 nitrogen and oxygen atoms in total. The second-order valence-corrected chi connectivity index (χ2v) is 16.0. The molecule has 324 valence electrons. The number of allylic oxidation sites excluding steroid dienone is 12. The Hall–Kier alpha value is -2.06. The Morgan fingerprint density at radius 1 is 0.554 bits per heavy atom. The molecule has 0 aliphatic heterocycles. The van der Waals surface area contributed by atoms with E-state index in [0.717, 1.165) is 83.5 Å². The van der Waals surface area contributed by atoms with Gasteiger partial charge in [0.2, 0.25) is 0 Å². The van der Waals surface area contributed by atoms with Crippen molar-refractivity contribution in [2.45, 2.75) is 187 Å². The minimum atomic E-state index is -4.29. The molecule has 0 amide bonds. The lowest BCUT2D eigenvalue weighted by molar-refractivity contribution is -0.154. The molecule has 0 radical (unpaired) electrons. The van der Waals surface area contributed by atoms with Crippen LogP contribution in [-0.4, -0.2) is 49.9 Å². The fourth-order valence-electron chi connectivity index (χ4n) is 5.88. The first-order chi connectivity index (χ1) is 27.4. The van der Waals surface area contributed by atoms with Gasteiger partial charge in [-0.25, -0.2) is 4.57 Å². The number of carbonyl (C=O) groups is 1. The van der Waals surface area contributed by atoms with E-state index in [1.807, 2.05) is 0 Å². The summed E-state index contributed by atoms with van der Waals surface area (Å²) in [7, 11) is -4.29. The Kier molecular flexibility index (Phi) is 42.4. The predicted molar refractivity (Wildman–Crippen MR) is 238 cm³/mol. The summed E-state index contributed by atoms with van der Waals surface area (Å²) in [6, 6.07) is 0. The zero-order chi connectivity index (χ0) is 40.9. The van der Waals surface area contributed by atoms with Crippen molar-refractivity contribution in [1.82, 2.24) is 0 Å². The molecule has 2 unspecified atom stereocenters. The third-order valence-electron chi connectivity index (χ3n) is 9.14. The molecule has 56 heavy (non-hydrogen) atoms. The summed E-state index contributed by atoms with van der Waals surface area (Å²) in [6.07, 6.45) is 54.9. The fourth-order valence-corrected chi connectivity index (χ4v) is 6.65. The van der Waals surface area contributed by atoms with Crippen molar-refractivity contribution >= 4 is 13.8 Å². The monoisotopic (exact) mass is 806 g/mol. The van der Waals surface area contributed by atoms with Crippen LogP contribution in [0.1, 0.15) is 181 Å². The number of esters is 1. The molecule has 0 aliphatic rings. The highest BCUT2D eigenvalue weighted by Gasteiger charge is 2.25. The van der Waals surface area contributed by atoms with Gasteiger partial charge in [0.15, 0.2) is 0 Å². The fraction of sp³-hybridized carbons (Fsp3) is 0.723. The SMILES string of the molecule is CC/C=C\C/C=C\C/C=C\C/C=C\C/C=C\C/C=C\CCCCCCC(=O)OC(COCCCCCCCCCCCCCCCC)COP(=O)(O)OCCN. The first kappa shape index (κ1) is 53.9. The Bertz CT molecular complexity index is 1080. The second-order valence-electron chi connectivity index (χ2n) is 14.5. The van der Waals surface area contributed by atoms with Gasteiger partial charge in [0.1, 0.15) is 6.10 Å². The molecule has 0 aromatic heterocycles. The van der Waals surface area contributed by atoms with E-state index in [0.29, 0.717) is 6.61 Å². The van der Waals surface area contributed by atoms with Crippen LogP contribution in [0.3, 0.4) is 0 Å². The molecule has 9 heteroatoms. The minimum absolute atomic E-state index is 0.0933. The summed E-state index contributed by atoms with van der Waals surface area (Å²) in [4.78, 5) is 22.5. The summed E-state index contributed by atoms with van der Waals surface area (Å²) in [5, 5.41) is 0. The highest BCUT2D eigenvalue weighted by Crippen LogP contribution is 2.43. The van der Waals surface area contributed by atoms with Crippen molar-refractivity contribution in [2.75, 3.05) is 33.0 Å². The Morgan fingerprint density at radius 3 is 1.50 bits per heavy atom. The van der Waals surface area contributed by atoms with Crippen LogP contribution in [-0.2, 0) is 27.9 Å². The average Bonchev–Trinajstić information content (AvgIpc) is 3.19. The lowest BCUT2D eigenvalue weighted by Gasteiger charge is -2.20. The Labute approximate surface area is 344 Å². The number of hydrogen-bond acceptors (Lipinski definition) is 7. The predicted octanol–water partition coefficient (Wildman–Crippen LogP) is 13.5. The standard InChI is InChI=1S/C47H84NO7P/c1-3-5-7-9-11-13-15-17-19-20-21-22-23-24-25-26-27-28-30-32-34-36-38-40-47(49)55-46(45-54-56(50,51)53-43-41-48)44-52-42-39-37-35-33-31-29-18-16-14-12-10-8-6-4-2/h5,7,11,13,17,19,21-22,24-25,27-28,46H,3-4,6,8-10,12,14-16,18,20,23,26,29-45,48H2,1-2H3,(H,50,51)/b7-5-,13-11-,19-17-,22-21-,25-24-,28-27-. The third kappa shape index (κ3) is 43.1. The van der Waals surface area contributed by atoms with E-state index in [-0.39, 0.29) is 38.8 Å². The number of phosphoric acid groups is 1. The lowest BCUT2D eigenvalue weighted by Crippen LogP contribution is -2.28. The van der Waals surface area contributed by atoms with Crippen molar-refractivity contribution < 1.29 is 32.8 Å². The Balaban J connectivity index is 4.09. The number of hydrogen-bond donors (Lipinski definition) is 2. The molecule has 0 aromatic rings. The number of ether oxygens (including phenoxy) is 2. The van der Waals surface area contributed by atoms with Crippen LogP contribution in [0, 0.1) is 0 Å². The average molecular weight is 806 g/mol. The first-order valence-electron chi connectivity index (χ1n) is 22.4. The van der Waals surface area contributed by atoms with Gasteiger partial charge >= 0.3 is 13.8 Å². The van der Waals surface area contributed by atoms with Crippen LogP contribution in [0.15, 0.2) is 72.9 Å². The topological polar surface area (TPSA) is 117 Å². The smallest absolute Gasteiger partial charge is 0.457 e. The lowest BCUT2D eigenvalue weighted by atomic mass is 10.0. The maximum absolute atomic E-state index is 12.6. The summed E-state index contributed by atoms with van der Waals surface area (Å²) >= 11 is 0. The normalized spacial score (nSPS) is 14.1. The highest BCUT2D eigenvalue weighted by molar-refractivity contribution is 7.47. The maximum atomic E-state index is 12.6. The van der Waals surface area contributed by atoms with Crippen LogP contribution >= 0.6 is 7.82 Å². The molecular weight excluding hydrogens is 721 g/mol. The van der Waals surface area contributed by atoms with Gasteiger partial charge in [-0.15, -0.1) is 0 Å². The van der Waals surface area contributed by atoms with Crippen molar-refractivity contribution in [3.8, 4) is 0 Å². The van der Waals surface area contributed by atoms with Gasteiger partial charge < -0.3 is 20.1 Å². The van der Waals surface area contributed by atoms with Crippen molar-refractivity contribution in [2.24, 2.45) is 5.73 Å². The number of rotatable bonds is 42. The summed E-state index contributed by atoms with van der Waals surface area (Å²) < 4.78 is 33.4. The molecule has 0 bridgehead atoms. The van der Waals surface area contributed by atoms with Crippen LogP contribution < -0.4 is 5.73 Å².